The first kappa shape index (κ1) is 19.1. The number of fused-ring (bicyclic) bond motifs is 3. The predicted molar refractivity (Wildman–Crippen MR) is 109 cm³/mol. The molecule has 0 bridgehead atoms. The van der Waals surface area contributed by atoms with Crippen molar-refractivity contribution in [1.82, 2.24) is 24.5 Å². The van der Waals surface area contributed by atoms with E-state index in [1.807, 2.05) is 42.3 Å². The van der Waals surface area contributed by atoms with E-state index in [0.29, 0.717) is 24.3 Å². The average molecular weight is 368 g/mol. The number of amides is 1. The van der Waals surface area contributed by atoms with Crippen molar-refractivity contribution in [2.24, 2.45) is 0 Å². The van der Waals surface area contributed by atoms with E-state index in [4.69, 9.17) is 0 Å². The molecule has 144 valence electrons. The number of carbonyl (C=O) groups excluding carboxylic acids is 1. The Hall–Kier alpha value is -2.70. The van der Waals surface area contributed by atoms with Crippen LogP contribution in [0.2, 0.25) is 0 Å². The summed E-state index contributed by atoms with van der Waals surface area (Å²) >= 11 is 0. The minimum absolute atomic E-state index is 0.0197. The number of hydrogen-bond donors (Lipinski definition) is 0. The van der Waals surface area contributed by atoms with Crippen LogP contribution in [0, 0.1) is 0 Å². The fourth-order valence-corrected chi connectivity index (χ4v) is 3.46. The lowest BCUT2D eigenvalue weighted by atomic mass is 10.1. The van der Waals surface area contributed by atoms with E-state index in [9.17, 15) is 4.79 Å². The molecule has 7 heteroatoms. The van der Waals surface area contributed by atoms with E-state index >= 15 is 0 Å². The fraction of sp³-hybridized carbons (Fsp3) is 0.500. The van der Waals surface area contributed by atoms with Gasteiger partial charge in [-0.2, -0.15) is 0 Å². The summed E-state index contributed by atoms with van der Waals surface area (Å²) < 4.78 is 1.95. The molecule has 0 radical (unpaired) electrons. The summed E-state index contributed by atoms with van der Waals surface area (Å²) in [5.41, 5.74) is 2.83. The average Bonchev–Trinajstić information content (AvgIpc) is 3.12. The van der Waals surface area contributed by atoms with Gasteiger partial charge in [0, 0.05) is 44.2 Å². The molecule has 0 unspecified atom stereocenters. The van der Waals surface area contributed by atoms with E-state index in [0.717, 1.165) is 29.1 Å². The minimum Gasteiger partial charge on any atom is -0.374 e. The van der Waals surface area contributed by atoms with Gasteiger partial charge in [0.05, 0.1) is 5.69 Å². The maximum absolute atomic E-state index is 13.5. The molecule has 0 saturated carbocycles. The maximum atomic E-state index is 13.5. The number of hydrogen-bond acceptors (Lipinski definition) is 5. The Morgan fingerprint density at radius 3 is 2.41 bits per heavy atom. The van der Waals surface area contributed by atoms with E-state index in [2.05, 4.69) is 40.9 Å². The van der Waals surface area contributed by atoms with Crippen molar-refractivity contribution in [3.63, 3.8) is 0 Å². The van der Waals surface area contributed by atoms with Crippen LogP contribution in [0.5, 0.6) is 0 Å². The SMILES string of the molecule is CCN(CC)C(=O)c1c(N(C)CC)c2cccnc2n2c(C(C)C)nnc12. The number of nitrogens with zero attached hydrogens (tertiary/aromatic N) is 6. The van der Waals surface area contributed by atoms with Crippen LogP contribution in [0.1, 0.15) is 56.7 Å². The Labute approximate surface area is 160 Å². The highest BCUT2D eigenvalue weighted by Crippen LogP contribution is 2.34. The summed E-state index contributed by atoms with van der Waals surface area (Å²) in [6, 6.07) is 3.93. The molecular formula is C20H28N6O. The first-order valence-corrected chi connectivity index (χ1v) is 9.62. The van der Waals surface area contributed by atoms with Crippen LogP contribution < -0.4 is 4.90 Å². The molecule has 3 aromatic rings. The topological polar surface area (TPSA) is 66.6 Å². The predicted octanol–water partition coefficient (Wildman–Crippen LogP) is 3.34. The lowest BCUT2D eigenvalue weighted by Crippen LogP contribution is -2.33. The zero-order chi connectivity index (χ0) is 19.7. The number of anilines is 1. The molecule has 0 saturated heterocycles. The van der Waals surface area contributed by atoms with Crippen LogP contribution in [0.15, 0.2) is 18.3 Å². The van der Waals surface area contributed by atoms with Gasteiger partial charge in [-0.1, -0.05) is 13.8 Å². The number of carbonyl (C=O) groups is 1. The van der Waals surface area contributed by atoms with Crippen molar-refractivity contribution in [2.75, 3.05) is 31.6 Å². The molecule has 0 aromatic carbocycles. The quantitative estimate of drug-likeness (QED) is 0.668. The largest absolute Gasteiger partial charge is 0.374 e. The van der Waals surface area contributed by atoms with Crippen LogP contribution >= 0.6 is 0 Å². The van der Waals surface area contributed by atoms with Gasteiger partial charge in [0.15, 0.2) is 5.65 Å². The van der Waals surface area contributed by atoms with Crippen LogP contribution in [0.4, 0.5) is 5.69 Å². The van der Waals surface area contributed by atoms with Crippen LogP contribution in [0.3, 0.4) is 0 Å². The van der Waals surface area contributed by atoms with Gasteiger partial charge in [0.25, 0.3) is 5.91 Å². The summed E-state index contributed by atoms with van der Waals surface area (Å²) in [6.07, 6.45) is 1.77. The van der Waals surface area contributed by atoms with Crippen LogP contribution in [0.25, 0.3) is 16.7 Å². The standard InChI is InChI=1S/C20H28N6O/c1-7-24(6)16-14-11-10-12-21-18(14)26-17(13(4)5)22-23-19(26)15(16)20(27)25(8-2)9-3/h10-13H,7-9H2,1-6H3. The molecule has 3 aromatic heterocycles. The summed E-state index contributed by atoms with van der Waals surface area (Å²) in [5.74, 6) is 0.957. The second-order valence-electron chi connectivity index (χ2n) is 6.96. The highest BCUT2D eigenvalue weighted by atomic mass is 16.2. The highest BCUT2D eigenvalue weighted by molar-refractivity contribution is 6.12. The third kappa shape index (κ3) is 3.01. The molecule has 1 amide bonds. The molecule has 3 rings (SSSR count). The van der Waals surface area contributed by atoms with Crippen molar-refractivity contribution in [3.05, 3.63) is 29.7 Å². The number of aromatic nitrogens is 4. The molecular weight excluding hydrogens is 340 g/mol. The van der Waals surface area contributed by atoms with Gasteiger partial charge in [-0.3, -0.25) is 9.20 Å². The van der Waals surface area contributed by atoms with Crippen LogP contribution in [-0.2, 0) is 0 Å². The Kier molecular flexibility index (Phi) is 5.30. The minimum atomic E-state index is -0.0197. The molecule has 3 heterocycles. The lowest BCUT2D eigenvalue weighted by molar-refractivity contribution is 0.0775. The molecule has 0 spiro atoms. The van der Waals surface area contributed by atoms with Gasteiger partial charge in [-0.05, 0) is 32.9 Å². The molecule has 7 nitrogen and oxygen atoms in total. The van der Waals surface area contributed by atoms with Gasteiger partial charge in [0.1, 0.15) is 17.0 Å². The van der Waals surface area contributed by atoms with Gasteiger partial charge in [-0.15, -0.1) is 10.2 Å². The zero-order valence-electron chi connectivity index (χ0n) is 17.0. The summed E-state index contributed by atoms with van der Waals surface area (Å²) in [5, 5.41) is 9.78. The number of rotatable bonds is 6. The normalized spacial score (nSPS) is 11.5. The van der Waals surface area contributed by atoms with E-state index < -0.39 is 0 Å². The Morgan fingerprint density at radius 2 is 1.81 bits per heavy atom. The maximum Gasteiger partial charge on any atom is 0.259 e. The summed E-state index contributed by atoms with van der Waals surface area (Å²) in [4.78, 5) is 22.0. The number of pyridine rings is 2. The molecule has 0 aliphatic rings. The molecule has 27 heavy (non-hydrogen) atoms. The molecule has 0 atom stereocenters. The van der Waals surface area contributed by atoms with Gasteiger partial charge < -0.3 is 9.80 Å². The van der Waals surface area contributed by atoms with Crippen molar-refractivity contribution in [2.45, 2.75) is 40.5 Å². The third-order valence-corrected chi connectivity index (χ3v) is 5.04. The molecule has 0 aliphatic heterocycles. The molecule has 0 aliphatic carbocycles. The Morgan fingerprint density at radius 1 is 1.11 bits per heavy atom. The van der Waals surface area contributed by atoms with E-state index in [-0.39, 0.29) is 11.8 Å². The van der Waals surface area contributed by atoms with Gasteiger partial charge in [-0.25, -0.2) is 4.98 Å². The van der Waals surface area contributed by atoms with Crippen molar-refractivity contribution in [3.8, 4) is 0 Å². The second-order valence-corrected chi connectivity index (χ2v) is 6.96. The van der Waals surface area contributed by atoms with E-state index in [1.54, 1.807) is 6.20 Å². The molecule has 0 N–H and O–H groups in total. The Balaban J connectivity index is 2.51. The zero-order valence-corrected chi connectivity index (χ0v) is 17.0. The summed E-state index contributed by atoms with van der Waals surface area (Å²) in [6.45, 7) is 12.3. The fourth-order valence-electron chi connectivity index (χ4n) is 3.46. The van der Waals surface area contributed by atoms with E-state index in [1.165, 1.54) is 0 Å². The third-order valence-electron chi connectivity index (χ3n) is 5.04. The van der Waals surface area contributed by atoms with Crippen molar-refractivity contribution >= 4 is 28.3 Å². The van der Waals surface area contributed by atoms with Crippen molar-refractivity contribution < 1.29 is 4.79 Å². The lowest BCUT2D eigenvalue weighted by Gasteiger charge is -2.26. The van der Waals surface area contributed by atoms with Crippen LogP contribution in [-0.4, -0.2) is 57.1 Å². The van der Waals surface area contributed by atoms with Gasteiger partial charge >= 0.3 is 0 Å². The first-order chi connectivity index (χ1) is 13.0. The Bertz CT molecular complexity index is 973. The summed E-state index contributed by atoms with van der Waals surface area (Å²) in [7, 11) is 2.00. The van der Waals surface area contributed by atoms with Crippen molar-refractivity contribution in [1.29, 1.82) is 0 Å². The molecule has 0 fully saturated rings. The van der Waals surface area contributed by atoms with Gasteiger partial charge in [0.2, 0.25) is 0 Å². The second kappa shape index (κ2) is 7.50. The smallest absolute Gasteiger partial charge is 0.259 e. The monoisotopic (exact) mass is 368 g/mol. The highest BCUT2D eigenvalue weighted by Gasteiger charge is 2.28. The first-order valence-electron chi connectivity index (χ1n) is 9.62.